The van der Waals surface area contributed by atoms with Crippen molar-refractivity contribution in [2.75, 3.05) is 11.9 Å². The first-order chi connectivity index (χ1) is 7.27. The quantitative estimate of drug-likeness (QED) is 0.737. The summed E-state index contributed by atoms with van der Waals surface area (Å²) in [5, 5.41) is 13.4. The fraction of sp³-hybridized carbons (Fsp3) is 0.273. The molecular formula is C11H13N3O. The number of carbonyl (C=O) groups is 1. The van der Waals surface area contributed by atoms with Crippen LogP contribution in [0.4, 0.5) is 10.5 Å². The van der Waals surface area contributed by atoms with Gasteiger partial charge in [0.2, 0.25) is 0 Å². The number of para-hydroxylation sites is 1. The number of rotatable bonds is 3. The number of nitrogens with zero attached hydrogens (tertiary/aromatic N) is 1. The van der Waals surface area contributed by atoms with Gasteiger partial charge in [-0.1, -0.05) is 25.1 Å². The minimum atomic E-state index is -0.350. The SMILES string of the molecule is CCc1ccccc1NC(=O)NCC#N. The molecule has 0 aliphatic rings. The number of benzene rings is 1. The van der Waals surface area contributed by atoms with E-state index in [9.17, 15) is 4.79 Å². The molecule has 0 aliphatic carbocycles. The second-order valence-corrected chi connectivity index (χ2v) is 2.98. The molecule has 1 aromatic carbocycles. The van der Waals surface area contributed by atoms with Gasteiger partial charge in [-0.05, 0) is 18.1 Å². The number of hydrogen-bond donors (Lipinski definition) is 2. The first kappa shape index (κ1) is 11.1. The van der Waals surface area contributed by atoms with Crippen molar-refractivity contribution in [2.45, 2.75) is 13.3 Å². The minimum Gasteiger partial charge on any atom is -0.325 e. The average molecular weight is 203 g/mol. The maximum absolute atomic E-state index is 11.3. The Morgan fingerprint density at radius 2 is 2.20 bits per heavy atom. The fourth-order valence-electron chi connectivity index (χ4n) is 1.24. The summed E-state index contributed by atoms with van der Waals surface area (Å²) in [5.41, 5.74) is 1.86. The van der Waals surface area contributed by atoms with E-state index in [0.29, 0.717) is 0 Å². The molecule has 0 saturated carbocycles. The van der Waals surface area contributed by atoms with Gasteiger partial charge >= 0.3 is 6.03 Å². The van der Waals surface area contributed by atoms with Crippen LogP contribution in [0.3, 0.4) is 0 Å². The predicted molar refractivity (Wildman–Crippen MR) is 58.5 cm³/mol. The Balaban J connectivity index is 2.64. The Bertz CT molecular complexity index is 382. The maximum Gasteiger partial charge on any atom is 0.320 e. The maximum atomic E-state index is 11.3. The van der Waals surface area contributed by atoms with Crippen LogP contribution in [0.5, 0.6) is 0 Å². The molecule has 0 unspecified atom stereocenters. The van der Waals surface area contributed by atoms with Crippen LogP contribution >= 0.6 is 0 Å². The third-order valence-corrected chi connectivity index (χ3v) is 1.97. The summed E-state index contributed by atoms with van der Waals surface area (Å²) < 4.78 is 0. The standard InChI is InChI=1S/C11H13N3O/c1-2-9-5-3-4-6-10(9)14-11(15)13-8-7-12/h3-6H,2,8H2,1H3,(H2,13,14,15). The van der Waals surface area contributed by atoms with Gasteiger partial charge in [0.05, 0.1) is 6.07 Å². The number of hydrogen-bond acceptors (Lipinski definition) is 2. The Morgan fingerprint density at radius 1 is 1.47 bits per heavy atom. The topological polar surface area (TPSA) is 64.9 Å². The molecule has 4 heteroatoms. The van der Waals surface area contributed by atoms with Gasteiger partial charge in [-0.15, -0.1) is 0 Å². The van der Waals surface area contributed by atoms with Crippen LogP contribution in [0.25, 0.3) is 0 Å². The van der Waals surface area contributed by atoms with Gasteiger partial charge in [-0.3, -0.25) is 0 Å². The average Bonchev–Trinajstić information content (AvgIpc) is 2.27. The Hall–Kier alpha value is -2.02. The van der Waals surface area contributed by atoms with E-state index in [0.717, 1.165) is 17.7 Å². The summed E-state index contributed by atoms with van der Waals surface area (Å²) >= 11 is 0. The molecule has 0 heterocycles. The molecule has 0 bridgehead atoms. The minimum absolute atomic E-state index is 0.0140. The Kier molecular flexibility index (Phi) is 4.17. The van der Waals surface area contributed by atoms with Crippen molar-refractivity contribution >= 4 is 11.7 Å². The summed E-state index contributed by atoms with van der Waals surface area (Å²) in [5.74, 6) is 0. The van der Waals surface area contributed by atoms with Crippen molar-refractivity contribution in [2.24, 2.45) is 0 Å². The van der Waals surface area contributed by atoms with Gasteiger partial charge in [0.1, 0.15) is 6.54 Å². The van der Waals surface area contributed by atoms with Crippen molar-refractivity contribution in [1.29, 1.82) is 5.26 Å². The lowest BCUT2D eigenvalue weighted by molar-refractivity contribution is 0.253. The summed E-state index contributed by atoms with van der Waals surface area (Å²) in [6, 6.07) is 9.08. The van der Waals surface area contributed by atoms with Crippen LogP contribution in [0.2, 0.25) is 0 Å². The van der Waals surface area contributed by atoms with Crippen LogP contribution in [0.15, 0.2) is 24.3 Å². The molecule has 0 radical (unpaired) electrons. The normalized spacial score (nSPS) is 9.07. The fourth-order valence-corrected chi connectivity index (χ4v) is 1.24. The lowest BCUT2D eigenvalue weighted by Gasteiger charge is -2.09. The van der Waals surface area contributed by atoms with Crippen molar-refractivity contribution in [3.63, 3.8) is 0 Å². The van der Waals surface area contributed by atoms with Gasteiger partial charge < -0.3 is 10.6 Å². The number of urea groups is 1. The largest absolute Gasteiger partial charge is 0.325 e. The lowest BCUT2D eigenvalue weighted by atomic mass is 10.1. The van der Waals surface area contributed by atoms with E-state index in [1.165, 1.54) is 0 Å². The van der Waals surface area contributed by atoms with Gasteiger partial charge in [0.15, 0.2) is 0 Å². The highest BCUT2D eigenvalue weighted by atomic mass is 16.2. The van der Waals surface area contributed by atoms with E-state index >= 15 is 0 Å². The highest BCUT2D eigenvalue weighted by molar-refractivity contribution is 5.90. The van der Waals surface area contributed by atoms with Gasteiger partial charge in [0.25, 0.3) is 0 Å². The molecule has 4 nitrogen and oxygen atoms in total. The number of aryl methyl sites for hydroxylation is 1. The molecule has 0 aromatic heterocycles. The van der Waals surface area contributed by atoms with Gasteiger partial charge in [-0.25, -0.2) is 4.79 Å². The molecule has 0 aliphatic heterocycles. The van der Waals surface area contributed by atoms with Gasteiger partial charge in [0, 0.05) is 5.69 Å². The molecule has 1 rings (SSSR count). The van der Waals surface area contributed by atoms with Crippen molar-refractivity contribution in [3.05, 3.63) is 29.8 Å². The molecule has 0 fully saturated rings. The van der Waals surface area contributed by atoms with Crippen LogP contribution in [0.1, 0.15) is 12.5 Å². The van der Waals surface area contributed by atoms with Crippen LogP contribution in [0, 0.1) is 11.3 Å². The first-order valence-electron chi connectivity index (χ1n) is 4.77. The van der Waals surface area contributed by atoms with E-state index < -0.39 is 0 Å². The molecule has 1 aromatic rings. The van der Waals surface area contributed by atoms with Gasteiger partial charge in [-0.2, -0.15) is 5.26 Å². The number of nitrogens with one attached hydrogen (secondary N) is 2. The molecule has 15 heavy (non-hydrogen) atoms. The summed E-state index contributed by atoms with van der Waals surface area (Å²) in [7, 11) is 0. The summed E-state index contributed by atoms with van der Waals surface area (Å²) in [6.07, 6.45) is 0.856. The highest BCUT2D eigenvalue weighted by Gasteiger charge is 2.03. The molecule has 78 valence electrons. The zero-order valence-corrected chi connectivity index (χ0v) is 8.58. The molecule has 0 atom stereocenters. The van der Waals surface area contributed by atoms with Crippen molar-refractivity contribution in [1.82, 2.24) is 5.32 Å². The molecule has 0 saturated heterocycles. The molecular weight excluding hydrogens is 190 g/mol. The zero-order valence-electron chi connectivity index (χ0n) is 8.58. The van der Waals surface area contributed by atoms with Crippen LogP contribution < -0.4 is 10.6 Å². The highest BCUT2D eigenvalue weighted by Crippen LogP contribution is 2.14. The lowest BCUT2D eigenvalue weighted by Crippen LogP contribution is -2.29. The molecule has 2 N–H and O–H groups in total. The summed E-state index contributed by atoms with van der Waals surface area (Å²) in [4.78, 5) is 11.3. The monoisotopic (exact) mass is 203 g/mol. The number of amides is 2. The number of carbonyl (C=O) groups excluding carboxylic acids is 1. The number of nitriles is 1. The Morgan fingerprint density at radius 3 is 2.87 bits per heavy atom. The smallest absolute Gasteiger partial charge is 0.320 e. The second kappa shape index (κ2) is 5.66. The van der Waals surface area contributed by atoms with E-state index in [-0.39, 0.29) is 12.6 Å². The van der Waals surface area contributed by atoms with E-state index in [4.69, 9.17) is 5.26 Å². The van der Waals surface area contributed by atoms with Crippen molar-refractivity contribution in [3.8, 4) is 6.07 Å². The molecule has 0 spiro atoms. The van der Waals surface area contributed by atoms with E-state index in [2.05, 4.69) is 10.6 Å². The van der Waals surface area contributed by atoms with E-state index in [1.807, 2.05) is 37.3 Å². The molecule has 2 amide bonds. The predicted octanol–water partition coefficient (Wildman–Crippen LogP) is 1.89. The van der Waals surface area contributed by atoms with E-state index in [1.54, 1.807) is 0 Å². The third kappa shape index (κ3) is 3.31. The van der Waals surface area contributed by atoms with Crippen LogP contribution in [-0.4, -0.2) is 12.6 Å². The van der Waals surface area contributed by atoms with Crippen LogP contribution in [-0.2, 0) is 6.42 Å². The summed E-state index contributed by atoms with van der Waals surface area (Å²) in [6.45, 7) is 2.04. The second-order valence-electron chi connectivity index (χ2n) is 2.98. The first-order valence-corrected chi connectivity index (χ1v) is 4.77. The third-order valence-electron chi connectivity index (χ3n) is 1.97. The zero-order chi connectivity index (χ0) is 11.1. The number of anilines is 1. The Labute approximate surface area is 88.9 Å². The van der Waals surface area contributed by atoms with Crippen molar-refractivity contribution < 1.29 is 4.79 Å².